The second kappa shape index (κ2) is 5.18. The molecule has 0 aromatic heterocycles. The molecular weight excluding hydrogens is 184 g/mol. The monoisotopic (exact) mass is 204 g/mol. The molecular formula is C10H21ClN2. The molecule has 0 aliphatic carbocycles. The number of likely N-dealkylation sites (tertiary alicyclic amines) is 1. The number of nitrogens with zero attached hydrogens (tertiary/aromatic N) is 1. The molecule has 0 spiro atoms. The summed E-state index contributed by atoms with van der Waals surface area (Å²) in [6, 6.07) is 0. The van der Waals surface area contributed by atoms with E-state index in [0.29, 0.717) is 0 Å². The van der Waals surface area contributed by atoms with Gasteiger partial charge in [-0.05, 0) is 64.5 Å². The summed E-state index contributed by atoms with van der Waals surface area (Å²) in [5.74, 6) is 0. The van der Waals surface area contributed by atoms with Gasteiger partial charge < -0.3 is 4.90 Å². The second-order valence-electron chi connectivity index (χ2n) is 4.63. The van der Waals surface area contributed by atoms with E-state index >= 15 is 0 Å². The lowest BCUT2D eigenvalue weighted by Gasteiger charge is -2.30. The molecule has 78 valence electrons. The Morgan fingerprint density at radius 1 is 1.23 bits per heavy atom. The number of nitrogens with one attached hydrogen (secondary N) is 1. The first-order chi connectivity index (χ1) is 6.14. The topological polar surface area (TPSA) is 15.3 Å². The highest BCUT2D eigenvalue weighted by atomic mass is 35.5. The van der Waals surface area contributed by atoms with Crippen LogP contribution in [0.4, 0.5) is 0 Å². The third-order valence-electron chi connectivity index (χ3n) is 2.76. The molecule has 0 amide bonds. The predicted molar refractivity (Wildman–Crippen MR) is 58.0 cm³/mol. The number of hydrogen-bond acceptors (Lipinski definition) is 2. The first-order valence-electron chi connectivity index (χ1n) is 5.24. The van der Waals surface area contributed by atoms with E-state index in [9.17, 15) is 0 Å². The minimum absolute atomic E-state index is 0.0685. The van der Waals surface area contributed by atoms with Crippen molar-refractivity contribution in [3.63, 3.8) is 0 Å². The van der Waals surface area contributed by atoms with Crippen LogP contribution in [0, 0.1) is 0 Å². The van der Waals surface area contributed by atoms with Crippen molar-refractivity contribution in [3.05, 3.63) is 0 Å². The molecule has 13 heavy (non-hydrogen) atoms. The molecule has 1 saturated heterocycles. The van der Waals surface area contributed by atoms with Gasteiger partial charge in [-0.25, -0.2) is 4.84 Å². The highest BCUT2D eigenvalue weighted by Crippen LogP contribution is 2.14. The molecule has 0 saturated carbocycles. The average Bonchev–Trinajstić information content (AvgIpc) is 2.17. The molecule has 1 N–H and O–H groups in total. The maximum absolute atomic E-state index is 5.64. The molecule has 0 atom stereocenters. The molecule has 1 heterocycles. The zero-order valence-corrected chi connectivity index (χ0v) is 9.53. The smallest absolute Gasteiger partial charge is 0.0287 e. The van der Waals surface area contributed by atoms with Gasteiger partial charge in [0.15, 0.2) is 0 Å². The van der Waals surface area contributed by atoms with Gasteiger partial charge in [0.2, 0.25) is 0 Å². The van der Waals surface area contributed by atoms with Crippen LogP contribution in [-0.2, 0) is 0 Å². The van der Waals surface area contributed by atoms with E-state index in [4.69, 9.17) is 11.8 Å². The van der Waals surface area contributed by atoms with E-state index < -0.39 is 0 Å². The quantitative estimate of drug-likeness (QED) is 0.708. The van der Waals surface area contributed by atoms with Gasteiger partial charge in [0.1, 0.15) is 0 Å². The summed E-state index contributed by atoms with van der Waals surface area (Å²) in [5, 5.41) is 0. The van der Waals surface area contributed by atoms with E-state index in [0.717, 1.165) is 6.42 Å². The largest absolute Gasteiger partial charge is 0.303 e. The van der Waals surface area contributed by atoms with Gasteiger partial charge in [-0.2, -0.15) is 0 Å². The van der Waals surface area contributed by atoms with Gasteiger partial charge in [0.05, 0.1) is 0 Å². The number of hydrogen-bond donors (Lipinski definition) is 1. The summed E-state index contributed by atoms with van der Waals surface area (Å²) in [7, 11) is 0. The van der Waals surface area contributed by atoms with Crippen molar-refractivity contribution in [2.45, 2.75) is 45.1 Å². The molecule has 0 aromatic rings. The van der Waals surface area contributed by atoms with E-state index in [2.05, 4.69) is 23.6 Å². The molecule has 0 unspecified atom stereocenters. The summed E-state index contributed by atoms with van der Waals surface area (Å²) >= 11 is 5.64. The first kappa shape index (κ1) is 11.3. The van der Waals surface area contributed by atoms with Crippen molar-refractivity contribution < 1.29 is 0 Å². The molecule has 2 nitrogen and oxygen atoms in total. The van der Waals surface area contributed by atoms with Gasteiger partial charge in [0, 0.05) is 5.54 Å². The Bertz CT molecular complexity index is 142. The highest BCUT2D eigenvalue weighted by molar-refractivity contribution is 6.13. The molecule has 1 aliphatic heterocycles. The third kappa shape index (κ3) is 4.30. The fraction of sp³-hybridized carbons (Fsp3) is 1.00. The lowest BCUT2D eigenvalue weighted by Crippen LogP contribution is -2.39. The predicted octanol–water partition coefficient (Wildman–Crippen LogP) is 2.38. The lowest BCUT2D eigenvalue weighted by atomic mass is 10.0. The summed E-state index contributed by atoms with van der Waals surface area (Å²) in [4.78, 5) is 5.37. The van der Waals surface area contributed by atoms with E-state index in [1.54, 1.807) is 0 Å². The summed E-state index contributed by atoms with van der Waals surface area (Å²) in [6.07, 6.45) is 5.27. The van der Waals surface area contributed by atoms with Crippen molar-refractivity contribution in [2.24, 2.45) is 0 Å². The van der Waals surface area contributed by atoms with E-state index in [-0.39, 0.29) is 5.54 Å². The number of rotatable bonds is 4. The van der Waals surface area contributed by atoms with Crippen molar-refractivity contribution >= 4 is 11.8 Å². The fourth-order valence-corrected chi connectivity index (χ4v) is 1.76. The van der Waals surface area contributed by atoms with E-state index in [1.165, 1.54) is 38.9 Å². The van der Waals surface area contributed by atoms with Crippen LogP contribution in [0.25, 0.3) is 0 Å². The first-order valence-corrected chi connectivity index (χ1v) is 5.62. The zero-order valence-electron chi connectivity index (χ0n) is 8.77. The Kier molecular flexibility index (Phi) is 4.50. The molecule has 1 aliphatic rings. The SMILES string of the molecule is CC(C)(CCN1CCCCC1)NCl. The normalized spacial score (nSPS) is 20.5. The minimum Gasteiger partial charge on any atom is -0.303 e. The highest BCUT2D eigenvalue weighted by Gasteiger charge is 2.18. The van der Waals surface area contributed by atoms with E-state index in [1.807, 2.05) is 0 Å². The van der Waals surface area contributed by atoms with Gasteiger partial charge in [-0.15, -0.1) is 0 Å². The maximum atomic E-state index is 5.64. The van der Waals surface area contributed by atoms with Gasteiger partial charge >= 0.3 is 0 Å². The van der Waals surface area contributed by atoms with Crippen molar-refractivity contribution in [3.8, 4) is 0 Å². The summed E-state index contributed by atoms with van der Waals surface area (Å²) in [5.41, 5.74) is 0.0685. The third-order valence-corrected chi connectivity index (χ3v) is 3.27. The van der Waals surface area contributed by atoms with Crippen LogP contribution in [0.2, 0.25) is 0 Å². The van der Waals surface area contributed by atoms with Gasteiger partial charge in [-0.1, -0.05) is 6.42 Å². The minimum atomic E-state index is 0.0685. The lowest BCUT2D eigenvalue weighted by molar-refractivity contribution is 0.208. The Morgan fingerprint density at radius 3 is 2.38 bits per heavy atom. The fourth-order valence-electron chi connectivity index (χ4n) is 1.67. The van der Waals surface area contributed by atoms with Gasteiger partial charge in [0.25, 0.3) is 0 Å². The van der Waals surface area contributed by atoms with Crippen LogP contribution in [0.5, 0.6) is 0 Å². The van der Waals surface area contributed by atoms with Crippen LogP contribution in [0.15, 0.2) is 0 Å². The summed E-state index contributed by atoms with van der Waals surface area (Å²) < 4.78 is 0. The molecule has 0 radical (unpaired) electrons. The Hall–Kier alpha value is 0.210. The Morgan fingerprint density at radius 2 is 1.85 bits per heavy atom. The van der Waals surface area contributed by atoms with Crippen LogP contribution in [0.3, 0.4) is 0 Å². The molecule has 1 fully saturated rings. The summed E-state index contributed by atoms with van der Waals surface area (Å²) in [6.45, 7) is 8.01. The van der Waals surface area contributed by atoms with Crippen molar-refractivity contribution in [1.82, 2.24) is 9.74 Å². The van der Waals surface area contributed by atoms with Crippen LogP contribution in [-0.4, -0.2) is 30.1 Å². The second-order valence-corrected chi connectivity index (χ2v) is 4.82. The Labute approximate surface area is 86.7 Å². The molecule has 0 aromatic carbocycles. The van der Waals surface area contributed by atoms with Crippen LogP contribution < -0.4 is 4.84 Å². The molecule has 1 rings (SSSR count). The standard InChI is InChI=1S/C10H21ClN2/c1-10(2,12-11)6-9-13-7-4-3-5-8-13/h12H,3-9H2,1-2H3. The molecule has 0 bridgehead atoms. The van der Waals surface area contributed by atoms with Crippen LogP contribution >= 0.6 is 11.8 Å². The number of halogens is 1. The molecule has 3 heteroatoms. The van der Waals surface area contributed by atoms with Crippen LogP contribution in [0.1, 0.15) is 39.5 Å². The van der Waals surface area contributed by atoms with Crippen molar-refractivity contribution in [2.75, 3.05) is 19.6 Å². The van der Waals surface area contributed by atoms with Gasteiger partial charge in [-0.3, -0.25) is 0 Å². The number of piperidine rings is 1. The zero-order chi connectivity index (χ0) is 9.73. The maximum Gasteiger partial charge on any atom is 0.0287 e. The Balaban J connectivity index is 2.17. The average molecular weight is 205 g/mol. The van der Waals surface area contributed by atoms with Crippen molar-refractivity contribution in [1.29, 1.82) is 0 Å².